The van der Waals surface area contributed by atoms with Crippen molar-refractivity contribution in [1.29, 1.82) is 0 Å². The van der Waals surface area contributed by atoms with Crippen LogP contribution in [0.2, 0.25) is 0 Å². The normalized spacial score (nSPS) is 16.6. The minimum Gasteiger partial charge on any atom is -0.497 e. The van der Waals surface area contributed by atoms with Gasteiger partial charge in [-0.25, -0.2) is 4.98 Å². The summed E-state index contributed by atoms with van der Waals surface area (Å²) in [4.78, 5) is 32.4. The van der Waals surface area contributed by atoms with Gasteiger partial charge in [-0.2, -0.15) is 0 Å². The third kappa shape index (κ3) is 4.38. The molecule has 0 bridgehead atoms. The molecular weight excluding hydrogens is 396 g/mol. The second-order valence-corrected chi connectivity index (χ2v) is 8.91. The van der Waals surface area contributed by atoms with E-state index in [2.05, 4.69) is 11.1 Å². The molecule has 30 heavy (non-hydrogen) atoms. The molecular formula is C24H26N2O3S. The largest absolute Gasteiger partial charge is 0.497 e. The third-order valence-corrected chi connectivity index (χ3v) is 6.83. The van der Waals surface area contributed by atoms with Crippen LogP contribution >= 0.6 is 11.3 Å². The Morgan fingerprint density at radius 3 is 2.83 bits per heavy atom. The number of fused-ring (bicyclic) bond motifs is 1. The van der Waals surface area contributed by atoms with E-state index in [4.69, 9.17) is 4.74 Å². The van der Waals surface area contributed by atoms with Crippen LogP contribution in [0.1, 0.15) is 40.2 Å². The van der Waals surface area contributed by atoms with E-state index < -0.39 is 0 Å². The number of para-hydroxylation sites is 1. The van der Waals surface area contributed by atoms with Gasteiger partial charge < -0.3 is 9.64 Å². The summed E-state index contributed by atoms with van der Waals surface area (Å²) in [5.41, 5.74) is 2.63. The van der Waals surface area contributed by atoms with Gasteiger partial charge in [0.25, 0.3) is 0 Å². The van der Waals surface area contributed by atoms with Gasteiger partial charge in [-0.05, 0) is 55.7 Å². The van der Waals surface area contributed by atoms with Crippen molar-refractivity contribution in [2.45, 2.75) is 32.6 Å². The van der Waals surface area contributed by atoms with Gasteiger partial charge in [0.2, 0.25) is 5.91 Å². The van der Waals surface area contributed by atoms with E-state index in [0.29, 0.717) is 19.4 Å². The summed E-state index contributed by atoms with van der Waals surface area (Å²) < 4.78 is 6.39. The molecule has 0 aliphatic carbocycles. The van der Waals surface area contributed by atoms with Crippen LogP contribution in [-0.2, 0) is 11.2 Å². The number of hydrogen-bond acceptors (Lipinski definition) is 5. The Morgan fingerprint density at radius 2 is 2.07 bits per heavy atom. The molecule has 1 aromatic heterocycles. The first-order chi connectivity index (χ1) is 14.5. The Bertz CT molecular complexity index is 1040. The number of nitrogens with zero attached hydrogens (tertiary/aromatic N) is 2. The highest BCUT2D eigenvalue weighted by Crippen LogP contribution is 2.26. The van der Waals surface area contributed by atoms with Crippen molar-refractivity contribution < 1.29 is 14.3 Å². The first kappa shape index (κ1) is 20.5. The molecule has 0 radical (unpaired) electrons. The molecule has 2 aromatic carbocycles. The fourth-order valence-electron chi connectivity index (χ4n) is 4.08. The van der Waals surface area contributed by atoms with Crippen molar-refractivity contribution >= 4 is 33.2 Å². The highest BCUT2D eigenvalue weighted by molar-refractivity contribution is 7.18. The predicted octanol–water partition coefficient (Wildman–Crippen LogP) is 4.67. The zero-order chi connectivity index (χ0) is 21.1. The maximum absolute atomic E-state index is 13.1. The van der Waals surface area contributed by atoms with E-state index >= 15 is 0 Å². The minimum absolute atomic E-state index is 0.109. The zero-order valence-electron chi connectivity index (χ0n) is 17.4. The van der Waals surface area contributed by atoms with E-state index in [1.54, 1.807) is 18.4 Å². The molecule has 1 saturated heterocycles. The number of ketones is 1. The van der Waals surface area contributed by atoms with E-state index in [9.17, 15) is 9.59 Å². The minimum atomic E-state index is -0.141. The van der Waals surface area contributed by atoms with Crippen LogP contribution in [0.4, 0.5) is 0 Å². The molecule has 1 fully saturated rings. The molecule has 6 heteroatoms. The van der Waals surface area contributed by atoms with Crippen molar-refractivity contribution in [1.82, 2.24) is 9.88 Å². The highest BCUT2D eigenvalue weighted by atomic mass is 32.1. The Kier molecular flexibility index (Phi) is 6.13. The van der Waals surface area contributed by atoms with Gasteiger partial charge in [-0.15, -0.1) is 11.3 Å². The number of piperidine rings is 1. The topological polar surface area (TPSA) is 59.5 Å². The van der Waals surface area contributed by atoms with Gasteiger partial charge in [0.1, 0.15) is 5.75 Å². The molecule has 0 N–H and O–H groups in total. The average molecular weight is 423 g/mol. The standard InChI is InChI=1S/C24H26N2O3S/c1-16-14-18(29-2)9-10-19(16)24(28)17-6-5-13-26(15-17)23(27)12-11-22-25-20-7-3-4-8-21(20)30-22/h3-4,7-10,14,17H,5-6,11-13,15H2,1-2H3/t17-/m1/s1. The molecule has 1 aliphatic heterocycles. The second-order valence-electron chi connectivity index (χ2n) is 7.80. The molecule has 1 atom stereocenters. The van der Waals surface area contributed by atoms with Crippen molar-refractivity contribution in [2.24, 2.45) is 5.92 Å². The molecule has 156 valence electrons. The van der Waals surface area contributed by atoms with Gasteiger partial charge in [-0.1, -0.05) is 12.1 Å². The molecule has 5 nitrogen and oxygen atoms in total. The van der Waals surface area contributed by atoms with Gasteiger partial charge in [0, 0.05) is 37.4 Å². The van der Waals surface area contributed by atoms with Crippen molar-refractivity contribution in [2.75, 3.05) is 20.2 Å². The van der Waals surface area contributed by atoms with Crippen LogP contribution in [0.25, 0.3) is 10.2 Å². The van der Waals surface area contributed by atoms with Crippen molar-refractivity contribution in [3.05, 3.63) is 58.6 Å². The zero-order valence-corrected chi connectivity index (χ0v) is 18.2. The summed E-state index contributed by atoms with van der Waals surface area (Å²) in [5.74, 6) is 0.841. The van der Waals surface area contributed by atoms with E-state index in [-0.39, 0.29) is 17.6 Å². The molecule has 0 unspecified atom stereocenters. The molecule has 1 aliphatic rings. The molecule has 0 spiro atoms. The number of aryl methyl sites for hydroxylation is 2. The number of carbonyl (C=O) groups excluding carboxylic acids is 2. The Hall–Kier alpha value is -2.73. The second kappa shape index (κ2) is 8.96. The SMILES string of the molecule is COc1ccc(C(=O)[C@@H]2CCCN(C(=O)CCc3nc4ccccc4s3)C2)c(C)c1. The summed E-state index contributed by atoms with van der Waals surface area (Å²) in [5, 5.41) is 0.989. The summed E-state index contributed by atoms with van der Waals surface area (Å²) >= 11 is 1.65. The van der Waals surface area contributed by atoms with Gasteiger partial charge in [-0.3, -0.25) is 9.59 Å². The first-order valence-corrected chi connectivity index (χ1v) is 11.2. The number of Topliss-reactive ketones (excluding diaryl/α,β-unsaturated/α-hetero) is 1. The lowest BCUT2D eigenvalue weighted by atomic mass is 9.88. The van der Waals surface area contributed by atoms with E-state index in [1.165, 1.54) is 0 Å². The van der Waals surface area contributed by atoms with E-state index in [0.717, 1.165) is 51.5 Å². The number of amides is 1. The lowest BCUT2D eigenvalue weighted by molar-refractivity contribution is -0.132. The number of hydrogen-bond donors (Lipinski definition) is 0. The highest BCUT2D eigenvalue weighted by Gasteiger charge is 2.29. The fourth-order valence-corrected chi connectivity index (χ4v) is 5.04. The maximum Gasteiger partial charge on any atom is 0.223 e. The van der Waals surface area contributed by atoms with Crippen LogP contribution in [-0.4, -0.2) is 41.8 Å². The van der Waals surface area contributed by atoms with Gasteiger partial charge >= 0.3 is 0 Å². The van der Waals surface area contributed by atoms with Crippen molar-refractivity contribution in [3.63, 3.8) is 0 Å². The van der Waals surface area contributed by atoms with Gasteiger partial charge in [0.05, 0.1) is 22.3 Å². The van der Waals surface area contributed by atoms with Crippen LogP contribution in [0.15, 0.2) is 42.5 Å². The number of likely N-dealkylation sites (tertiary alicyclic amines) is 1. The third-order valence-electron chi connectivity index (χ3n) is 5.73. The lowest BCUT2D eigenvalue weighted by Crippen LogP contribution is -2.42. The maximum atomic E-state index is 13.1. The predicted molar refractivity (Wildman–Crippen MR) is 119 cm³/mol. The quantitative estimate of drug-likeness (QED) is 0.542. The monoisotopic (exact) mass is 422 g/mol. The molecule has 3 aromatic rings. The number of carbonyl (C=O) groups is 2. The summed E-state index contributed by atoms with van der Waals surface area (Å²) in [6.45, 7) is 3.16. The Labute approximate surface area is 180 Å². The number of aromatic nitrogens is 1. The number of thiazole rings is 1. The number of benzene rings is 2. The van der Waals surface area contributed by atoms with Crippen LogP contribution < -0.4 is 4.74 Å². The molecule has 1 amide bonds. The Balaban J connectivity index is 1.38. The fraction of sp³-hybridized carbons (Fsp3) is 0.375. The Morgan fingerprint density at radius 1 is 1.23 bits per heavy atom. The first-order valence-electron chi connectivity index (χ1n) is 10.4. The number of ether oxygens (including phenoxy) is 1. The molecule has 2 heterocycles. The number of methoxy groups -OCH3 is 1. The van der Waals surface area contributed by atoms with Crippen LogP contribution in [0, 0.1) is 12.8 Å². The molecule has 4 rings (SSSR count). The van der Waals surface area contributed by atoms with Crippen LogP contribution in [0.3, 0.4) is 0 Å². The summed E-state index contributed by atoms with van der Waals surface area (Å²) in [6, 6.07) is 13.6. The summed E-state index contributed by atoms with van der Waals surface area (Å²) in [6.07, 6.45) is 2.76. The van der Waals surface area contributed by atoms with Crippen molar-refractivity contribution in [3.8, 4) is 5.75 Å². The summed E-state index contributed by atoms with van der Waals surface area (Å²) in [7, 11) is 1.62. The number of rotatable bonds is 6. The lowest BCUT2D eigenvalue weighted by Gasteiger charge is -2.32. The smallest absolute Gasteiger partial charge is 0.223 e. The van der Waals surface area contributed by atoms with Crippen LogP contribution in [0.5, 0.6) is 5.75 Å². The molecule has 0 saturated carbocycles. The average Bonchev–Trinajstić information content (AvgIpc) is 3.20. The van der Waals surface area contributed by atoms with Gasteiger partial charge in [0.15, 0.2) is 5.78 Å². The van der Waals surface area contributed by atoms with E-state index in [1.807, 2.05) is 48.2 Å².